The van der Waals surface area contributed by atoms with Gasteiger partial charge in [-0.2, -0.15) is 5.26 Å². The standard InChI is InChI=1S/C15H19N3O2/c1-17(14-6-2-12(10-16)3-7-14)11-13-4-8-15(9-5-13)18(19)20/h4-5,8-9,12,14H,2-3,6-7,11H2,1H3. The van der Waals surface area contributed by atoms with Crippen LogP contribution >= 0.6 is 0 Å². The highest BCUT2D eigenvalue weighted by Crippen LogP contribution is 2.27. The molecule has 0 atom stereocenters. The highest BCUT2D eigenvalue weighted by Gasteiger charge is 2.23. The number of hydrogen-bond donors (Lipinski definition) is 0. The predicted molar refractivity (Wildman–Crippen MR) is 75.9 cm³/mol. The molecular weight excluding hydrogens is 254 g/mol. The van der Waals surface area contributed by atoms with Crippen LogP contribution in [0.2, 0.25) is 0 Å². The Bertz CT molecular complexity index is 499. The molecule has 0 bridgehead atoms. The number of hydrogen-bond acceptors (Lipinski definition) is 4. The monoisotopic (exact) mass is 273 g/mol. The van der Waals surface area contributed by atoms with E-state index in [9.17, 15) is 10.1 Å². The third-order valence-corrected chi connectivity index (χ3v) is 4.08. The van der Waals surface area contributed by atoms with E-state index in [-0.39, 0.29) is 16.5 Å². The molecule has 1 aromatic carbocycles. The number of rotatable bonds is 4. The van der Waals surface area contributed by atoms with Crippen LogP contribution in [0.3, 0.4) is 0 Å². The molecular formula is C15H19N3O2. The largest absolute Gasteiger partial charge is 0.299 e. The smallest absolute Gasteiger partial charge is 0.269 e. The number of nitriles is 1. The third kappa shape index (κ3) is 3.55. The summed E-state index contributed by atoms with van der Waals surface area (Å²) in [6, 6.07) is 9.59. The fourth-order valence-electron chi connectivity index (χ4n) is 2.79. The molecule has 0 heterocycles. The normalized spacial score (nSPS) is 22.4. The van der Waals surface area contributed by atoms with Crippen molar-refractivity contribution in [1.82, 2.24) is 4.90 Å². The molecule has 5 heteroatoms. The minimum Gasteiger partial charge on any atom is -0.299 e. The molecule has 0 amide bonds. The zero-order chi connectivity index (χ0) is 14.5. The lowest BCUT2D eigenvalue weighted by Crippen LogP contribution is -2.34. The van der Waals surface area contributed by atoms with E-state index >= 15 is 0 Å². The van der Waals surface area contributed by atoms with E-state index in [4.69, 9.17) is 5.26 Å². The average molecular weight is 273 g/mol. The zero-order valence-electron chi connectivity index (χ0n) is 11.7. The fraction of sp³-hybridized carbons (Fsp3) is 0.533. The lowest BCUT2D eigenvalue weighted by molar-refractivity contribution is -0.384. The van der Waals surface area contributed by atoms with Gasteiger partial charge in [0.05, 0.1) is 11.0 Å². The van der Waals surface area contributed by atoms with Crippen molar-refractivity contribution in [2.45, 2.75) is 38.3 Å². The molecule has 1 aliphatic carbocycles. The Morgan fingerprint density at radius 2 is 1.90 bits per heavy atom. The summed E-state index contributed by atoms with van der Waals surface area (Å²) in [5, 5.41) is 19.5. The van der Waals surface area contributed by atoms with E-state index in [1.165, 1.54) is 0 Å². The van der Waals surface area contributed by atoms with Crippen molar-refractivity contribution in [3.05, 3.63) is 39.9 Å². The number of nitrogens with zero attached hydrogens (tertiary/aromatic N) is 3. The maximum atomic E-state index is 10.6. The van der Waals surface area contributed by atoms with Gasteiger partial charge < -0.3 is 0 Å². The molecule has 1 saturated carbocycles. The molecule has 0 saturated heterocycles. The van der Waals surface area contributed by atoms with E-state index in [2.05, 4.69) is 18.0 Å². The predicted octanol–water partition coefficient (Wildman–Crippen LogP) is 3.11. The second-order valence-corrected chi connectivity index (χ2v) is 5.47. The van der Waals surface area contributed by atoms with Gasteiger partial charge in [-0.1, -0.05) is 12.1 Å². The van der Waals surface area contributed by atoms with Gasteiger partial charge in [-0.3, -0.25) is 15.0 Å². The second-order valence-electron chi connectivity index (χ2n) is 5.47. The SMILES string of the molecule is CN(Cc1ccc([N+](=O)[O-])cc1)C1CCC(C#N)CC1. The quantitative estimate of drug-likeness (QED) is 0.624. The number of non-ortho nitro benzene ring substituents is 1. The van der Waals surface area contributed by atoms with Crippen molar-refractivity contribution in [2.24, 2.45) is 5.92 Å². The molecule has 0 aliphatic heterocycles. The maximum Gasteiger partial charge on any atom is 0.269 e. The Balaban J connectivity index is 1.90. The van der Waals surface area contributed by atoms with Gasteiger partial charge in [0.1, 0.15) is 0 Å². The van der Waals surface area contributed by atoms with Crippen LogP contribution in [-0.4, -0.2) is 22.9 Å². The van der Waals surface area contributed by atoms with Crippen molar-refractivity contribution in [1.29, 1.82) is 5.26 Å². The first-order valence-corrected chi connectivity index (χ1v) is 6.93. The number of nitro groups is 1. The van der Waals surface area contributed by atoms with Gasteiger partial charge in [0, 0.05) is 30.6 Å². The van der Waals surface area contributed by atoms with Gasteiger partial charge in [-0.25, -0.2) is 0 Å². The van der Waals surface area contributed by atoms with Gasteiger partial charge in [0.15, 0.2) is 0 Å². The van der Waals surface area contributed by atoms with Crippen LogP contribution in [0.5, 0.6) is 0 Å². The molecule has 5 nitrogen and oxygen atoms in total. The van der Waals surface area contributed by atoms with E-state index in [0.717, 1.165) is 37.8 Å². The second kappa shape index (κ2) is 6.49. The van der Waals surface area contributed by atoms with E-state index in [0.29, 0.717) is 6.04 Å². The molecule has 1 aromatic rings. The first-order chi connectivity index (χ1) is 9.60. The summed E-state index contributed by atoms with van der Waals surface area (Å²) >= 11 is 0. The number of benzene rings is 1. The maximum absolute atomic E-state index is 10.6. The van der Waals surface area contributed by atoms with Gasteiger partial charge in [-0.15, -0.1) is 0 Å². The molecule has 0 radical (unpaired) electrons. The third-order valence-electron chi connectivity index (χ3n) is 4.08. The minimum atomic E-state index is -0.378. The molecule has 0 aromatic heterocycles. The van der Waals surface area contributed by atoms with Crippen molar-refractivity contribution in [3.8, 4) is 6.07 Å². The molecule has 2 rings (SSSR count). The zero-order valence-corrected chi connectivity index (χ0v) is 11.7. The Morgan fingerprint density at radius 1 is 1.30 bits per heavy atom. The van der Waals surface area contributed by atoms with E-state index in [1.54, 1.807) is 12.1 Å². The van der Waals surface area contributed by atoms with Crippen molar-refractivity contribution >= 4 is 5.69 Å². The summed E-state index contributed by atoms with van der Waals surface area (Å²) in [4.78, 5) is 12.5. The Morgan fingerprint density at radius 3 is 2.40 bits per heavy atom. The van der Waals surface area contributed by atoms with Crippen LogP contribution in [0.25, 0.3) is 0 Å². The van der Waals surface area contributed by atoms with Crippen LogP contribution in [0, 0.1) is 27.4 Å². The van der Waals surface area contributed by atoms with Crippen LogP contribution in [0.1, 0.15) is 31.2 Å². The summed E-state index contributed by atoms with van der Waals surface area (Å²) in [6.07, 6.45) is 4.07. The van der Waals surface area contributed by atoms with E-state index in [1.807, 2.05) is 12.1 Å². The Hall–Kier alpha value is -1.93. The molecule has 0 unspecified atom stereocenters. The molecule has 0 N–H and O–H groups in total. The summed E-state index contributed by atoms with van der Waals surface area (Å²) in [6.45, 7) is 0.792. The fourth-order valence-corrected chi connectivity index (χ4v) is 2.79. The van der Waals surface area contributed by atoms with Crippen LogP contribution in [0.4, 0.5) is 5.69 Å². The molecule has 1 fully saturated rings. The highest BCUT2D eigenvalue weighted by molar-refractivity contribution is 5.32. The van der Waals surface area contributed by atoms with Crippen LogP contribution in [-0.2, 0) is 6.54 Å². The van der Waals surface area contributed by atoms with Crippen molar-refractivity contribution < 1.29 is 4.92 Å². The van der Waals surface area contributed by atoms with Gasteiger partial charge in [0.2, 0.25) is 0 Å². The van der Waals surface area contributed by atoms with Gasteiger partial charge in [0.25, 0.3) is 5.69 Å². The summed E-state index contributed by atoms with van der Waals surface area (Å²) in [7, 11) is 2.08. The molecule has 106 valence electrons. The lowest BCUT2D eigenvalue weighted by atomic mass is 9.86. The Labute approximate surface area is 119 Å². The average Bonchev–Trinajstić information content (AvgIpc) is 2.48. The first-order valence-electron chi connectivity index (χ1n) is 6.93. The van der Waals surface area contributed by atoms with Crippen molar-refractivity contribution in [2.75, 3.05) is 7.05 Å². The minimum absolute atomic E-state index is 0.130. The van der Waals surface area contributed by atoms with Gasteiger partial charge in [-0.05, 0) is 38.3 Å². The number of nitro benzene ring substituents is 1. The molecule has 0 spiro atoms. The summed E-state index contributed by atoms with van der Waals surface area (Å²) in [5.74, 6) is 0.221. The van der Waals surface area contributed by atoms with Crippen LogP contribution < -0.4 is 0 Å². The van der Waals surface area contributed by atoms with Crippen molar-refractivity contribution in [3.63, 3.8) is 0 Å². The highest BCUT2D eigenvalue weighted by atomic mass is 16.6. The van der Waals surface area contributed by atoms with Gasteiger partial charge >= 0.3 is 0 Å². The van der Waals surface area contributed by atoms with Crippen LogP contribution in [0.15, 0.2) is 24.3 Å². The lowest BCUT2D eigenvalue weighted by Gasteiger charge is -2.32. The summed E-state index contributed by atoms with van der Waals surface area (Å²) < 4.78 is 0. The van der Waals surface area contributed by atoms with E-state index < -0.39 is 0 Å². The first kappa shape index (κ1) is 14.5. The Kier molecular flexibility index (Phi) is 4.70. The molecule has 20 heavy (non-hydrogen) atoms. The molecule has 1 aliphatic rings. The topological polar surface area (TPSA) is 70.2 Å². The summed E-state index contributed by atoms with van der Waals surface area (Å²) in [5.41, 5.74) is 1.21.